The lowest BCUT2D eigenvalue weighted by Crippen LogP contribution is -2.00. The molecule has 272 valence electrons. The van der Waals surface area contributed by atoms with Gasteiger partial charge >= 0.3 is 0 Å². The molecule has 0 spiro atoms. The molecule has 0 radical (unpaired) electrons. The smallest absolute Gasteiger partial charge is 0.0673 e. The van der Waals surface area contributed by atoms with Gasteiger partial charge in [-0.15, -0.1) is 0 Å². The van der Waals surface area contributed by atoms with Crippen LogP contribution in [0.2, 0.25) is 0 Å². The van der Waals surface area contributed by atoms with Crippen LogP contribution < -0.4 is 0 Å². The average molecular weight is 739 g/mol. The Kier molecular flexibility index (Phi) is 7.91. The van der Waals surface area contributed by atoms with Gasteiger partial charge in [0.25, 0.3) is 0 Å². The molecule has 0 saturated carbocycles. The van der Waals surface area contributed by atoms with Gasteiger partial charge in [0.15, 0.2) is 0 Å². The molecule has 2 heteroatoms. The molecule has 1 heterocycles. The van der Waals surface area contributed by atoms with Crippen molar-refractivity contribution in [3.05, 3.63) is 211 Å². The first-order valence-corrected chi connectivity index (χ1v) is 19.9. The highest BCUT2D eigenvalue weighted by Gasteiger charge is 2.19. The van der Waals surface area contributed by atoms with Crippen molar-refractivity contribution in [3.8, 4) is 50.2 Å². The summed E-state index contributed by atoms with van der Waals surface area (Å²) in [5, 5.41) is 19.5. The van der Waals surface area contributed by atoms with Crippen molar-refractivity contribution in [3.63, 3.8) is 0 Å². The Balaban J connectivity index is 1.10. The van der Waals surface area contributed by atoms with Crippen LogP contribution in [0.1, 0.15) is 11.3 Å². The molecular formula is C56H38N2. The first-order chi connectivity index (χ1) is 28.6. The average Bonchev–Trinajstić information content (AvgIpc) is 3.58. The van der Waals surface area contributed by atoms with Crippen molar-refractivity contribution >= 4 is 60.2 Å². The Morgan fingerprint density at radius 1 is 0.362 bits per heavy atom. The summed E-state index contributed by atoms with van der Waals surface area (Å²) in [6.45, 7) is 2.13. The van der Waals surface area contributed by atoms with E-state index >= 15 is 0 Å². The predicted octanol–water partition coefficient (Wildman–Crippen LogP) is 15.2. The molecule has 0 fully saturated rings. The SMILES string of the molecule is Cc1c(C=N)n(-c2ccc(-c3ccc4c(-c5ccc6ccccc6c5)c5ccccc5c(-c5ccc6ccccc6c5)c4c3)cc2)c2ccc(-c3ccccc3)cc12. The maximum Gasteiger partial charge on any atom is 0.0673 e. The number of rotatable bonds is 6. The summed E-state index contributed by atoms with van der Waals surface area (Å²) in [4.78, 5) is 0. The van der Waals surface area contributed by atoms with Crippen molar-refractivity contribution in [1.29, 1.82) is 5.41 Å². The highest BCUT2D eigenvalue weighted by molar-refractivity contribution is 6.22. The molecule has 0 saturated heterocycles. The van der Waals surface area contributed by atoms with Gasteiger partial charge in [0.05, 0.1) is 11.2 Å². The molecule has 1 N–H and O–H groups in total. The highest BCUT2D eigenvalue weighted by atomic mass is 15.0. The van der Waals surface area contributed by atoms with Crippen LogP contribution in [-0.2, 0) is 0 Å². The van der Waals surface area contributed by atoms with E-state index in [1.165, 1.54) is 82.7 Å². The fourth-order valence-corrected chi connectivity index (χ4v) is 9.20. The summed E-state index contributed by atoms with van der Waals surface area (Å²) in [5.74, 6) is 0. The van der Waals surface area contributed by atoms with Crippen molar-refractivity contribution < 1.29 is 0 Å². The van der Waals surface area contributed by atoms with Crippen LogP contribution in [0.5, 0.6) is 0 Å². The summed E-state index contributed by atoms with van der Waals surface area (Å²) < 4.78 is 2.22. The molecule has 2 nitrogen and oxygen atoms in total. The van der Waals surface area contributed by atoms with Crippen molar-refractivity contribution in [2.75, 3.05) is 0 Å². The Bertz CT molecular complexity index is 3410. The monoisotopic (exact) mass is 738 g/mol. The lowest BCUT2D eigenvalue weighted by molar-refractivity contribution is 1.10. The molecule has 0 unspecified atom stereocenters. The number of benzene rings is 10. The van der Waals surface area contributed by atoms with Gasteiger partial charge in [-0.25, -0.2) is 0 Å². The standard InChI is InChI=1S/C56H38N2/c1-36-51-33-44(37-11-3-2-4-12-37)26-30-53(51)58(54(36)35-57)47-27-23-40(24-28-47)43-25-29-50-52(34-43)56(46-22-20-39-14-6-8-16-42(39)32-46)49-18-10-9-17-48(49)55(50)45-21-19-38-13-5-7-15-41(38)31-45/h2-35,57H,1H3. The van der Waals surface area contributed by atoms with E-state index in [0.717, 1.165) is 39.0 Å². The zero-order chi connectivity index (χ0) is 38.7. The first-order valence-electron chi connectivity index (χ1n) is 19.9. The predicted molar refractivity (Wildman–Crippen MR) is 248 cm³/mol. The van der Waals surface area contributed by atoms with Gasteiger partial charge in [-0.3, -0.25) is 0 Å². The summed E-state index contributed by atoms with van der Waals surface area (Å²) in [5.41, 5.74) is 13.7. The first kappa shape index (κ1) is 33.8. The van der Waals surface area contributed by atoms with Crippen LogP contribution in [0, 0.1) is 12.3 Å². The van der Waals surface area contributed by atoms with E-state index in [9.17, 15) is 0 Å². The van der Waals surface area contributed by atoms with E-state index in [4.69, 9.17) is 5.41 Å². The minimum Gasteiger partial charge on any atom is -0.308 e. The molecular weight excluding hydrogens is 701 g/mol. The zero-order valence-electron chi connectivity index (χ0n) is 32.1. The quantitative estimate of drug-likeness (QED) is 0.130. The summed E-state index contributed by atoms with van der Waals surface area (Å²) in [6, 6.07) is 72.9. The third kappa shape index (κ3) is 5.45. The summed E-state index contributed by atoms with van der Waals surface area (Å²) >= 11 is 0. The number of nitrogens with zero attached hydrogens (tertiary/aromatic N) is 1. The Hall–Kier alpha value is -7.55. The van der Waals surface area contributed by atoms with Crippen LogP contribution in [0.4, 0.5) is 0 Å². The lowest BCUT2D eigenvalue weighted by atomic mass is 9.84. The molecule has 0 aliphatic carbocycles. The van der Waals surface area contributed by atoms with Crippen LogP contribution >= 0.6 is 0 Å². The minimum absolute atomic E-state index is 0.895. The molecule has 58 heavy (non-hydrogen) atoms. The fourth-order valence-electron chi connectivity index (χ4n) is 9.20. The van der Waals surface area contributed by atoms with E-state index < -0.39 is 0 Å². The van der Waals surface area contributed by atoms with Gasteiger partial charge in [-0.1, -0.05) is 158 Å². The molecule has 0 aliphatic heterocycles. The summed E-state index contributed by atoms with van der Waals surface area (Å²) in [6.07, 6.45) is 1.49. The summed E-state index contributed by atoms with van der Waals surface area (Å²) in [7, 11) is 0. The number of aryl methyl sites for hydroxylation is 1. The topological polar surface area (TPSA) is 28.8 Å². The fraction of sp³-hybridized carbons (Fsp3) is 0.0179. The minimum atomic E-state index is 0.895. The molecule has 10 aromatic carbocycles. The second-order valence-electron chi connectivity index (χ2n) is 15.3. The number of hydrogen-bond donors (Lipinski definition) is 1. The second kappa shape index (κ2) is 13.6. The molecule has 11 rings (SSSR count). The third-order valence-corrected chi connectivity index (χ3v) is 12.1. The van der Waals surface area contributed by atoms with Gasteiger partial charge in [-0.05, 0) is 143 Å². The van der Waals surface area contributed by atoms with Crippen LogP contribution in [0.25, 0.3) is 104 Å². The van der Waals surface area contributed by atoms with E-state index in [2.05, 4.69) is 206 Å². The molecule has 1 aromatic heterocycles. The van der Waals surface area contributed by atoms with Crippen LogP contribution in [-0.4, -0.2) is 10.8 Å². The maximum atomic E-state index is 8.44. The van der Waals surface area contributed by atoms with E-state index in [1.54, 1.807) is 0 Å². The third-order valence-electron chi connectivity index (χ3n) is 12.1. The molecule has 11 aromatic rings. The molecule has 0 aliphatic rings. The molecule has 0 amide bonds. The Morgan fingerprint density at radius 3 is 1.45 bits per heavy atom. The van der Waals surface area contributed by atoms with Gasteiger partial charge in [0.2, 0.25) is 0 Å². The van der Waals surface area contributed by atoms with E-state index in [1.807, 2.05) is 6.07 Å². The zero-order valence-corrected chi connectivity index (χ0v) is 32.1. The van der Waals surface area contributed by atoms with Crippen molar-refractivity contribution in [1.82, 2.24) is 4.57 Å². The lowest BCUT2D eigenvalue weighted by Gasteiger charge is -2.19. The van der Waals surface area contributed by atoms with Gasteiger partial charge < -0.3 is 9.98 Å². The van der Waals surface area contributed by atoms with Crippen molar-refractivity contribution in [2.24, 2.45) is 0 Å². The number of fused-ring (bicyclic) bond motifs is 5. The Labute approximate surface area is 337 Å². The van der Waals surface area contributed by atoms with Gasteiger partial charge in [0, 0.05) is 17.3 Å². The number of hydrogen-bond acceptors (Lipinski definition) is 1. The second-order valence-corrected chi connectivity index (χ2v) is 15.3. The highest BCUT2D eigenvalue weighted by Crippen LogP contribution is 2.46. The number of nitrogens with one attached hydrogen (secondary N) is 1. The largest absolute Gasteiger partial charge is 0.308 e. The van der Waals surface area contributed by atoms with E-state index in [0.29, 0.717) is 0 Å². The molecule has 0 atom stereocenters. The molecule has 0 bridgehead atoms. The van der Waals surface area contributed by atoms with Crippen LogP contribution in [0.15, 0.2) is 200 Å². The normalized spacial score (nSPS) is 11.6. The Morgan fingerprint density at radius 2 is 0.828 bits per heavy atom. The van der Waals surface area contributed by atoms with Crippen LogP contribution in [0.3, 0.4) is 0 Å². The maximum absolute atomic E-state index is 8.44. The van der Waals surface area contributed by atoms with E-state index in [-0.39, 0.29) is 0 Å². The van der Waals surface area contributed by atoms with Crippen molar-refractivity contribution in [2.45, 2.75) is 6.92 Å². The number of aromatic nitrogens is 1. The van der Waals surface area contributed by atoms with Gasteiger partial charge in [0.1, 0.15) is 0 Å². The van der Waals surface area contributed by atoms with Gasteiger partial charge in [-0.2, -0.15) is 0 Å².